The van der Waals surface area contributed by atoms with Gasteiger partial charge in [0.1, 0.15) is 5.60 Å². The van der Waals surface area contributed by atoms with Crippen LogP contribution in [0, 0.1) is 5.92 Å². The first kappa shape index (κ1) is 14.2. The van der Waals surface area contributed by atoms with E-state index in [0.717, 1.165) is 0 Å². The van der Waals surface area contributed by atoms with E-state index in [4.69, 9.17) is 4.74 Å². The van der Waals surface area contributed by atoms with E-state index in [2.05, 4.69) is 4.18 Å². The van der Waals surface area contributed by atoms with E-state index in [1.165, 1.54) is 0 Å². The Labute approximate surface area is 102 Å². The molecule has 1 rings (SSSR count). The zero-order chi connectivity index (χ0) is 13.4. The summed E-state index contributed by atoms with van der Waals surface area (Å²) in [7, 11) is -3.99. The van der Waals surface area contributed by atoms with Crippen LogP contribution in [0.3, 0.4) is 0 Å². The molecule has 0 aromatic rings. The Bertz CT molecular complexity index is 395. The lowest BCUT2D eigenvalue weighted by molar-refractivity contribution is 0.0331. The van der Waals surface area contributed by atoms with Gasteiger partial charge in [-0.1, -0.05) is 13.8 Å². The van der Waals surface area contributed by atoms with E-state index in [0.29, 0.717) is 4.31 Å². The molecule has 0 aliphatic carbocycles. The topological polar surface area (TPSA) is 72.9 Å². The Morgan fingerprint density at radius 1 is 1.41 bits per heavy atom. The van der Waals surface area contributed by atoms with Crippen molar-refractivity contribution in [2.75, 3.05) is 6.61 Å². The van der Waals surface area contributed by atoms with Crippen LogP contribution in [0.15, 0.2) is 0 Å². The number of rotatable bonds is 1. The molecule has 0 unspecified atom stereocenters. The van der Waals surface area contributed by atoms with Gasteiger partial charge in [0.25, 0.3) is 0 Å². The average Bonchev–Trinajstić information content (AvgIpc) is 2.37. The summed E-state index contributed by atoms with van der Waals surface area (Å²) in [6.07, 6.45) is -0.881. The second-order valence-electron chi connectivity index (χ2n) is 5.33. The van der Waals surface area contributed by atoms with Crippen LogP contribution in [0.2, 0.25) is 0 Å². The van der Waals surface area contributed by atoms with Gasteiger partial charge in [-0.3, -0.25) is 4.18 Å². The maximum Gasteiger partial charge on any atom is 0.426 e. The first-order valence-electron chi connectivity index (χ1n) is 5.46. The SMILES string of the molecule is CC(C)[C@@H]1COS(=O)(=O)N1C(=O)OC(C)(C)C. The number of hydrogen-bond acceptors (Lipinski definition) is 5. The minimum Gasteiger partial charge on any atom is -0.443 e. The maximum atomic E-state index is 11.8. The highest BCUT2D eigenvalue weighted by Gasteiger charge is 2.45. The fourth-order valence-electron chi connectivity index (χ4n) is 1.44. The molecule has 1 atom stereocenters. The molecular formula is C10H19NO5S. The first-order chi connectivity index (χ1) is 7.54. The largest absolute Gasteiger partial charge is 0.443 e. The van der Waals surface area contributed by atoms with Gasteiger partial charge in [0.05, 0.1) is 12.6 Å². The van der Waals surface area contributed by atoms with Gasteiger partial charge in [-0.25, -0.2) is 4.79 Å². The van der Waals surface area contributed by atoms with Crippen LogP contribution in [0.5, 0.6) is 0 Å². The monoisotopic (exact) mass is 265 g/mol. The molecule has 17 heavy (non-hydrogen) atoms. The summed E-state index contributed by atoms with van der Waals surface area (Å²) >= 11 is 0. The third-order valence-corrected chi connectivity index (χ3v) is 3.61. The smallest absolute Gasteiger partial charge is 0.426 e. The van der Waals surface area contributed by atoms with Gasteiger partial charge in [-0.15, -0.1) is 0 Å². The lowest BCUT2D eigenvalue weighted by Crippen LogP contribution is -2.44. The number of ether oxygens (including phenoxy) is 1. The second-order valence-corrected chi connectivity index (χ2v) is 6.81. The molecule has 0 radical (unpaired) electrons. The van der Waals surface area contributed by atoms with E-state index in [1.807, 2.05) is 13.8 Å². The van der Waals surface area contributed by atoms with Gasteiger partial charge in [-0.2, -0.15) is 12.7 Å². The fraction of sp³-hybridized carbons (Fsp3) is 0.900. The van der Waals surface area contributed by atoms with Crippen molar-refractivity contribution in [1.29, 1.82) is 0 Å². The summed E-state index contributed by atoms with van der Waals surface area (Å²) in [5.41, 5.74) is -0.739. The molecule has 1 aliphatic rings. The number of nitrogens with zero attached hydrogens (tertiary/aromatic N) is 1. The predicted molar refractivity (Wildman–Crippen MR) is 61.6 cm³/mol. The zero-order valence-corrected chi connectivity index (χ0v) is 11.6. The van der Waals surface area contributed by atoms with Gasteiger partial charge in [0.15, 0.2) is 0 Å². The molecule has 6 nitrogen and oxygen atoms in total. The van der Waals surface area contributed by atoms with Crippen molar-refractivity contribution >= 4 is 16.4 Å². The van der Waals surface area contributed by atoms with Crippen LogP contribution in [-0.4, -0.2) is 37.1 Å². The summed E-state index contributed by atoms with van der Waals surface area (Å²) in [6.45, 7) is 8.67. The highest BCUT2D eigenvalue weighted by Crippen LogP contribution is 2.26. The van der Waals surface area contributed by atoms with Crippen LogP contribution in [0.1, 0.15) is 34.6 Å². The molecule has 0 aromatic carbocycles. The highest BCUT2D eigenvalue weighted by atomic mass is 32.2. The molecule has 1 saturated heterocycles. The highest BCUT2D eigenvalue weighted by molar-refractivity contribution is 7.85. The third-order valence-electron chi connectivity index (χ3n) is 2.27. The van der Waals surface area contributed by atoms with Gasteiger partial charge in [0.2, 0.25) is 0 Å². The molecular weight excluding hydrogens is 246 g/mol. The van der Waals surface area contributed by atoms with E-state index >= 15 is 0 Å². The average molecular weight is 265 g/mol. The molecule has 1 heterocycles. The van der Waals surface area contributed by atoms with Crippen molar-refractivity contribution in [1.82, 2.24) is 4.31 Å². The standard InChI is InChI=1S/C10H19NO5S/c1-7(2)8-6-15-17(13,14)11(8)9(12)16-10(3,4)5/h7-8H,6H2,1-5H3/t8-/m0/s1. The van der Waals surface area contributed by atoms with Crippen LogP contribution < -0.4 is 0 Å². The van der Waals surface area contributed by atoms with Crippen molar-refractivity contribution in [3.63, 3.8) is 0 Å². The van der Waals surface area contributed by atoms with Crippen LogP contribution in [0.4, 0.5) is 4.79 Å². The van der Waals surface area contributed by atoms with Gasteiger partial charge >= 0.3 is 16.4 Å². The molecule has 1 fully saturated rings. The third kappa shape index (κ3) is 3.32. The summed E-state index contributed by atoms with van der Waals surface area (Å²) in [4.78, 5) is 11.8. The lowest BCUT2D eigenvalue weighted by atomic mass is 10.1. The molecule has 0 bridgehead atoms. The molecule has 0 aromatic heterocycles. The zero-order valence-electron chi connectivity index (χ0n) is 10.8. The van der Waals surface area contributed by atoms with E-state index in [9.17, 15) is 13.2 Å². The normalized spacial score (nSPS) is 24.1. The molecule has 0 N–H and O–H groups in total. The maximum absolute atomic E-state index is 11.8. The lowest BCUT2D eigenvalue weighted by Gasteiger charge is -2.27. The van der Waals surface area contributed by atoms with Gasteiger partial charge in [-0.05, 0) is 26.7 Å². The fourth-order valence-corrected chi connectivity index (χ4v) is 2.72. The number of amides is 1. The van der Waals surface area contributed by atoms with E-state index < -0.39 is 28.0 Å². The quantitative estimate of drug-likeness (QED) is 0.718. The summed E-state index contributed by atoms with van der Waals surface area (Å²) in [6, 6.07) is -0.505. The summed E-state index contributed by atoms with van der Waals surface area (Å²) < 4.78 is 33.6. The first-order valence-corrected chi connectivity index (χ1v) is 6.83. The second kappa shape index (κ2) is 4.45. The Balaban J connectivity index is 2.95. The van der Waals surface area contributed by atoms with E-state index in [-0.39, 0.29) is 12.5 Å². The Kier molecular flexibility index (Phi) is 3.73. The van der Waals surface area contributed by atoms with Crippen molar-refractivity contribution in [3.05, 3.63) is 0 Å². The molecule has 0 spiro atoms. The van der Waals surface area contributed by atoms with E-state index in [1.54, 1.807) is 20.8 Å². The van der Waals surface area contributed by atoms with Crippen molar-refractivity contribution in [2.24, 2.45) is 5.92 Å². The minimum absolute atomic E-state index is 0.0146. The summed E-state index contributed by atoms with van der Waals surface area (Å²) in [5.74, 6) is -0.0280. The van der Waals surface area contributed by atoms with Gasteiger partial charge in [0, 0.05) is 0 Å². The van der Waals surface area contributed by atoms with Crippen LogP contribution in [0.25, 0.3) is 0 Å². The number of hydrogen-bond donors (Lipinski definition) is 0. The Morgan fingerprint density at radius 2 is 1.94 bits per heavy atom. The van der Waals surface area contributed by atoms with Crippen LogP contribution in [-0.2, 0) is 19.2 Å². The molecule has 1 amide bonds. The minimum atomic E-state index is -3.99. The summed E-state index contributed by atoms with van der Waals surface area (Å²) in [5, 5.41) is 0. The Morgan fingerprint density at radius 3 is 2.35 bits per heavy atom. The van der Waals surface area contributed by atoms with Crippen molar-refractivity contribution in [3.8, 4) is 0 Å². The predicted octanol–water partition coefficient (Wildman–Crippen LogP) is 1.52. The van der Waals surface area contributed by atoms with Crippen molar-refractivity contribution < 1.29 is 22.1 Å². The van der Waals surface area contributed by atoms with Gasteiger partial charge < -0.3 is 4.74 Å². The Hall–Kier alpha value is -0.820. The van der Waals surface area contributed by atoms with Crippen molar-refractivity contribution in [2.45, 2.75) is 46.3 Å². The molecule has 100 valence electrons. The number of carbonyl (C=O) groups is 1. The van der Waals surface area contributed by atoms with Crippen LogP contribution >= 0.6 is 0 Å². The molecule has 7 heteroatoms. The molecule has 0 saturated carbocycles. The number of carbonyl (C=O) groups excluding carboxylic acids is 1. The molecule has 1 aliphatic heterocycles.